The Morgan fingerprint density at radius 2 is 1.97 bits per heavy atom. The Balaban J connectivity index is 1.69. The third-order valence-corrected chi connectivity index (χ3v) is 5.40. The molecule has 2 heterocycles. The van der Waals surface area contributed by atoms with E-state index in [0.717, 1.165) is 34.9 Å². The lowest BCUT2D eigenvalue weighted by Crippen LogP contribution is -2.28. The van der Waals surface area contributed by atoms with Crippen LogP contribution in [0.1, 0.15) is 35.1 Å². The van der Waals surface area contributed by atoms with Gasteiger partial charge in [-0.15, -0.1) is 0 Å². The molecule has 0 saturated heterocycles. The number of anilines is 1. The summed E-state index contributed by atoms with van der Waals surface area (Å²) in [4.78, 5) is 0. The number of nitrogens with one attached hydrogen (secondary N) is 2. The Kier molecular flexibility index (Phi) is 6.54. The second-order valence-electron chi connectivity index (χ2n) is 6.81. The summed E-state index contributed by atoms with van der Waals surface area (Å²) in [6.45, 7) is 9.47. The minimum atomic E-state index is -0.347. The van der Waals surface area contributed by atoms with Crippen LogP contribution in [-0.4, -0.2) is 24.7 Å². The fraction of sp³-hybridized carbons (Fsp3) is 0.350. The van der Waals surface area contributed by atoms with Gasteiger partial charge in [-0.25, -0.2) is 4.39 Å². The fourth-order valence-corrected chi connectivity index (χ4v) is 3.49. The number of aromatic nitrogens is 4. The minimum Gasteiger partial charge on any atom is -0.358 e. The van der Waals surface area contributed by atoms with E-state index in [9.17, 15) is 4.39 Å². The molecule has 6 nitrogen and oxygen atoms in total. The van der Waals surface area contributed by atoms with E-state index in [-0.39, 0.29) is 12.4 Å². The van der Waals surface area contributed by atoms with Crippen molar-refractivity contribution in [2.75, 3.05) is 5.32 Å². The quantitative estimate of drug-likeness (QED) is 0.565. The number of rotatable bonds is 6. The molecule has 29 heavy (non-hydrogen) atoms. The predicted molar refractivity (Wildman–Crippen MR) is 118 cm³/mol. The van der Waals surface area contributed by atoms with Gasteiger partial charge < -0.3 is 10.6 Å². The van der Waals surface area contributed by atoms with Crippen molar-refractivity contribution in [1.82, 2.24) is 24.9 Å². The molecule has 0 spiro atoms. The number of hydrogen-bond donors (Lipinski definition) is 2. The summed E-state index contributed by atoms with van der Waals surface area (Å²) in [5.41, 5.74) is 4.90. The molecule has 0 radical (unpaired) electrons. The molecule has 0 atom stereocenters. The van der Waals surface area contributed by atoms with E-state index < -0.39 is 0 Å². The summed E-state index contributed by atoms with van der Waals surface area (Å²) in [5.74, 6) is -0.347. The minimum absolute atomic E-state index is 0.245. The first kappa shape index (κ1) is 21.3. The van der Waals surface area contributed by atoms with Crippen molar-refractivity contribution in [3.8, 4) is 0 Å². The Morgan fingerprint density at radius 3 is 2.62 bits per heavy atom. The first-order chi connectivity index (χ1) is 13.8. The Labute approximate surface area is 180 Å². The van der Waals surface area contributed by atoms with Gasteiger partial charge in [-0.05, 0) is 52.0 Å². The lowest BCUT2D eigenvalue weighted by molar-refractivity contribution is 0.579. The zero-order chi connectivity index (χ0) is 21.1. The summed E-state index contributed by atoms with van der Waals surface area (Å²) in [6, 6.07) is 4.66. The highest BCUT2D eigenvalue weighted by molar-refractivity contribution is 7.80. The van der Waals surface area contributed by atoms with Crippen LogP contribution in [0.4, 0.5) is 10.1 Å². The summed E-state index contributed by atoms with van der Waals surface area (Å²) < 4.78 is 17.7. The van der Waals surface area contributed by atoms with Crippen LogP contribution in [0, 0.1) is 26.6 Å². The van der Waals surface area contributed by atoms with Gasteiger partial charge in [-0.1, -0.05) is 17.7 Å². The number of thiocarbonyl (C=S) groups is 1. The van der Waals surface area contributed by atoms with Crippen LogP contribution >= 0.6 is 23.8 Å². The molecular weight excluding hydrogens is 411 g/mol. The summed E-state index contributed by atoms with van der Waals surface area (Å²) in [7, 11) is 0. The Morgan fingerprint density at radius 1 is 1.21 bits per heavy atom. The van der Waals surface area contributed by atoms with E-state index in [0.29, 0.717) is 22.2 Å². The van der Waals surface area contributed by atoms with Gasteiger partial charge >= 0.3 is 0 Å². The molecule has 0 aliphatic rings. The largest absolute Gasteiger partial charge is 0.358 e. The van der Waals surface area contributed by atoms with E-state index >= 15 is 0 Å². The van der Waals surface area contributed by atoms with Crippen LogP contribution in [0.3, 0.4) is 0 Å². The monoisotopic (exact) mass is 434 g/mol. The molecule has 0 unspecified atom stereocenters. The van der Waals surface area contributed by atoms with Crippen molar-refractivity contribution < 1.29 is 4.39 Å². The van der Waals surface area contributed by atoms with Gasteiger partial charge in [0, 0.05) is 35.4 Å². The molecule has 0 amide bonds. The summed E-state index contributed by atoms with van der Waals surface area (Å²) in [6.07, 6.45) is 2.01. The normalized spacial score (nSPS) is 11.0. The van der Waals surface area contributed by atoms with Gasteiger partial charge in [0.15, 0.2) is 5.11 Å². The fourth-order valence-electron chi connectivity index (χ4n) is 3.09. The van der Waals surface area contributed by atoms with Crippen LogP contribution in [0.25, 0.3) is 0 Å². The number of aryl methyl sites for hydroxylation is 3. The van der Waals surface area contributed by atoms with E-state index in [2.05, 4.69) is 20.8 Å². The maximum atomic E-state index is 14.1. The van der Waals surface area contributed by atoms with E-state index in [1.807, 2.05) is 38.6 Å². The Hall–Kier alpha value is -2.45. The summed E-state index contributed by atoms with van der Waals surface area (Å²) in [5, 5.41) is 16.2. The van der Waals surface area contributed by atoms with Crippen molar-refractivity contribution >= 4 is 34.6 Å². The van der Waals surface area contributed by atoms with Crippen LogP contribution in [0.15, 0.2) is 24.4 Å². The third-order valence-electron chi connectivity index (χ3n) is 4.80. The van der Waals surface area contributed by atoms with Gasteiger partial charge in [-0.3, -0.25) is 9.36 Å². The number of benzene rings is 1. The molecule has 3 aromatic rings. The van der Waals surface area contributed by atoms with Gasteiger partial charge in [0.25, 0.3) is 0 Å². The maximum Gasteiger partial charge on any atom is 0.171 e. The highest BCUT2D eigenvalue weighted by atomic mass is 35.5. The first-order valence-corrected chi connectivity index (χ1v) is 10.1. The smallest absolute Gasteiger partial charge is 0.171 e. The second kappa shape index (κ2) is 8.92. The second-order valence-corrected chi connectivity index (χ2v) is 7.62. The highest BCUT2D eigenvalue weighted by Gasteiger charge is 2.16. The van der Waals surface area contributed by atoms with E-state index in [1.54, 1.807) is 16.8 Å². The van der Waals surface area contributed by atoms with Crippen LogP contribution in [0.5, 0.6) is 0 Å². The highest BCUT2D eigenvalue weighted by Crippen LogP contribution is 2.24. The summed E-state index contributed by atoms with van der Waals surface area (Å²) >= 11 is 11.6. The third kappa shape index (κ3) is 4.76. The lowest BCUT2D eigenvalue weighted by Gasteiger charge is -2.11. The van der Waals surface area contributed by atoms with Gasteiger partial charge in [-0.2, -0.15) is 10.2 Å². The predicted octanol–water partition coefficient (Wildman–Crippen LogP) is 4.35. The molecule has 0 aliphatic heterocycles. The lowest BCUT2D eigenvalue weighted by atomic mass is 10.2. The van der Waals surface area contributed by atoms with Crippen LogP contribution < -0.4 is 10.6 Å². The van der Waals surface area contributed by atoms with Crippen molar-refractivity contribution in [2.24, 2.45) is 0 Å². The topological polar surface area (TPSA) is 59.7 Å². The molecule has 0 bridgehead atoms. The van der Waals surface area contributed by atoms with Crippen molar-refractivity contribution in [1.29, 1.82) is 0 Å². The average molecular weight is 435 g/mol. The zero-order valence-electron chi connectivity index (χ0n) is 16.9. The number of hydrogen-bond acceptors (Lipinski definition) is 3. The molecule has 154 valence electrons. The van der Waals surface area contributed by atoms with Gasteiger partial charge in [0.2, 0.25) is 0 Å². The number of nitrogens with zero attached hydrogens (tertiary/aromatic N) is 4. The molecule has 2 aromatic heterocycles. The molecule has 0 saturated carbocycles. The Bertz CT molecular complexity index is 1020. The molecule has 3 rings (SSSR count). The molecule has 1 aromatic carbocycles. The van der Waals surface area contributed by atoms with Crippen molar-refractivity contribution in [2.45, 2.75) is 47.3 Å². The van der Waals surface area contributed by atoms with Crippen LogP contribution in [-0.2, 0) is 19.6 Å². The van der Waals surface area contributed by atoms with Crippen molar-refractivity contribution in [3.05, 3.63) is 63.4 Å². The molecule has 0 aliphatic carbocycles. The standard InChI is InChI=1S/C20H24ClFN6S/c1-5-27-10-15(12(2)25-27)9-23-20(29)24-19-13(3)26-28(14(19)4)11-16-17(21)7-6-8-18(16)22/h6-8,10H,5,9,11H2,1-4H3,(H2,23,24,29). The molecular formula is C20H24ClFN6S. The molecule has 2 N–H and O–H groups in total. The van der Waals surface area contributed by atoms with Gasteiger partial charge in [0.05, 0.1) is 29.3 Å². The number of halogens is 2. The SMILES string of the molecule is CCn1cc(CNC(=S)Nc2c(C)nn(Cc3c(F)cccc3Cl)c2C)c(C)n1. The average Bonchev–Trinajstić information content (AvgIpc) is 3.17. The first-order valence-electron chi connectivity index (χ1n) is 9.34. The maximum absolute atomic E-state index is 14.1. The molecule has 9 heteroatoms. The van der Waals surface area contributed by atoms with E-state index in [1.165, 1.54) is 6.07 Å². The van der Waals surface area contributed by atoms with Crippen molar-refractivity contribution in [3.63, 3.8) is 0 Å². The zero-order valence-corrected chi connectivity index (χ0v) is 18.5. The molecule has 0 fully saturated rings. The van der Waals surface area contributed by atoms with E-state index in [4.69, 9.17) is 23.8 Å². The van der Waals surface area contributed by atoms with Crippen LogP contribution in [0.2, 0.25) is 5.02 Å². The van der Waals surface area contributed by atoms with Gasteiger partial charge in [0.1, 0.15) is 5.82 Å².